The van der Waals surface area contributed by atoms with E-state index in [-0.39, 0.29) is 11.8 Å². The van der Waals surface area contributed by atoms with Crippen molar-refractivity contribution in [2.24, 2.45) is 17.8 Å². The maximum atomic E-state index is 12.6. The van der Waals surface area contributed by atoms with Crippen LogP contribution in [0.25, 0.3) is 0 Å². The Labute approximate surface area is 175 Å². The Bertz CT molecular complexity index is 838. The summed E-state index contributed by atoms with van der Waals surface area (Å²) in [5.41, 5.74) is 1.17. The van der Waals surface area contributed by atoms with Crippen molar-refractivity contribution in [2.45, 2.75) is 19.3 Å². The first-order valence-corrected chi connectivity index (χ1v) is 9.65. The third-order valence-corrected chi connectivity index (χ3v) is 5.30. The number of nitrogens with zero attached hydrogens (tertiary/aromatic N) is 1. The minimum absolute atomic E-state index is 0.0614. The summed E-state index contributed by atoms with van der Waals surface area (Å²) in [5.74, 6) is -1.25. The molecule has 2 fully saturated rings. The first kappa shape index (κ1) is 22.9. The van der Waals surface area contributed by atoms with Crippen molar-refractivity contribution >= 4 is 11.9 Å². The van der Waals surface area contributed by atoms with Gasteiger partial charge in [-0.3, -0.25) is 9.69 Å². The second kappa shape index (κ2) is 10.0. The van der Waals surface area contributed by atoms with Crippen LogP contribution >= 0.6 is 0 Å². The molecule has 8 nitrogen and oxygen atoms in total. The second-order valence-electron chi connectivity index (χ2n) is 7.49. The molecular formula is C20H23F3N2O6. The predicted molar refractivity (Wildman–Crippen MR) is 99.5 cm³/mol. The van der Waals surface area contributed by atoms with Gasteiger partial charge in [0.15, 0.2) is 0 Å². The monoisotopic (exact) mass is 444 g/mol. The van der Waals surface area contributed by atoms with Crippen LogP contribution in [-0.2, 0) is 27.4 Å². The number of carboxylic acids is 1. The summed E-state index contributed by atoms with van der Waals surface area (Å²) < 4.78 is 47.9. The summed E-state index contributed by atoms with van der Waals surface area (Å²) in [6.45, 7) is 4.44. The van der Waals surface area contributed by atoms with Gasteiger partial charge in [-0.1, -0.05) is 0 Å². The molecule has 170 valence electrons. The number of rotatable bonds is 5. The Hall–Kier alpha value is -2.79. The molecule has 11 heteroatoms. The van der Waals surface area contributed by atoms with E-state index >= 15 is 0 Å². The molecule has 2 aromatic rings. The molecule has 0 bridgehead atoms. The number of amides is 1. The molecule has 2 N–H and O–H groups in total. The summed E-state index contributed by atoms with van der Waals surface area (Å²) >= 11 is 0. The zero-order valence-electron chi connectivity index (χ0n) is 16.5. The fraction of sp³-hybridized carbons (Fsp3) is 0.500. The summed E-state index contributed by atoms with van der Waals surface area (Å²) in [4.78, 5) is 23.9. The summed E-state index contributed by atoms with van der Waals surface area (Å²) in [7, 11) is 0. The summed E-state index contributed by atoms with van der Waals surface area (Å²) in [6, 6.07) is 5.68. The first-order chi connectivity index (χ1) is 14.7. The average Bonchev–Trinajstić information content (AvgIpc) is 3.47. The van der Waals surface area contributed by atoms with E-state index in [1.807, 2.05) is 18.2 Å². The Morgan fingerprint density at radius 2 is 1.97 bits per heavy atom. The van der Waals surface area contributed by atoms with Gasteiger partial charge in [-0.2, -0.15) is 13.2 Å². The van der Waals surface area contributed by atoms with Gasteiger partial charge in [0.05, 0.1) is 44.5 Å². The van der Waals surface area contributed by atoms with Gasteiger partial charge in [0.2, 0.25) is 5.91 Å². The van der Waals surface area contributed by atoms with Gasteiger partial charge in [-0.25, -0.2) is 4.79 Å². The van der Waals surface area contributed by atoms with Gasteiger partial charge >= 0.3 is 12.1 Å². The van der Waals surface area contributed by atoms with Gasteiger partial charge < -0.3 is 24.0 Å². The highest BCUT2D eigenvalue weighted by molar-refractivity contribution is 5.79. The van der Waals surface area contributed by atoms with Crippen LogP contribution in [0, 0.1) is 17.8 Å². The lowest BCUT2D eigenvalue weighted by atomic mass is 9.82. The lowest BCUT2D eigenvalue weighted by Crippen LogP contribution is -2.44. The van der Waals surface area contributed by atoms with Crippen LogP contribution in [0.3, 0.4) is 0 Å². The Kier molecular flexibility index (Phi) is 7.39. The van der Waals surface area contributed by atoms with Gasteiger partial charge in [-0.05, 0) is 30.0 Å². The molecule has 0 unspecified atom stereocenters. The zero-order valence-corrected chi connectivity index (χ0v) is 16.5. The highest BCUT2D eigenvalue weighted by Gasteiger charge is 2.43. The van der Waals surface area contributed by atoms with Crippen molar-refractivity contribution in [3.05, 3.63) is 48.3 Å². The molecule has 0 radical (unpaired) electrons. The molecule has 2 aromatic heterocycles. The molecule has 0 aromatic carbocycles. The molecule has 31 heavy (non-hydrogen) atoms. The van der Waals surface area contributed by atoms with Crippen LogP contribution in [0.4, 0.5) is 13.2 Å². The van der Waals surface area contributed by atoms with E-state index in [0.29, 0.717) is 25.0 Å². The van der Waals surface area contributed by atoms with Crippen LogP contribution < -0.4 is 5.32 Å². The number of hydrogen-bond donors (Lipinski definition) is 2. The number of aliphatic carboxylic acids is 1. The molecule has 2 aliphatic heterocycles. The van der Waals surface area contributed by atoms with Crippen LogP contribution in [0.15, 0.2) is 45.8 Å². The zero-order chi connectivity index (χ0) is 22.4. The number of carboxylic acid groups (broad SMARTS) is 1. The van der Waals surface area contributed by atoms with Crippen molar-refractivity contribution in [3.63, 3.8) is 0 Å². The molecule has 0 saturated carbocycles. The lowest BCUT2D eigenvalue weighted by Gasteiger charge is -2.31. The standard InChI is InChI=1S/C18H22N2O4.C2HF3O2/c21-18(19-6-15-2-1-4-24-15)17-12-23-11-14-8-20(9-16(14)17)7-13-3-5-22-10-13;3-2(4,5)1(6)7/h1-5,10,14,16-17H,6-9,11-12H2,(H,19,21);(H,6,7)/t14-,16-,17+;/m1./s1. The van der Waals surface area contributed by atoms with Crippen LogP contribution in [0.5, 0.6) is 0 Å². The number of carbonyl (C=O) groups is 2. The number of ether oxygens (including phenoxy) is 1. The fourth-order valence-corrected chi connectivity index (χ4v) is 3.85. The maximum absolute atomic E-state index is 12.6. The van der Waals surface area contributed by atoms with Gasteiger partial charge in [0, 0.05) is 25.2 Å². The average molecular weight is 444 g/mol. The van der Waals surface area contributed by atoms with Crippen LogP contribution in [0.1, 0.15) is 11.3 Å². The summed E-state index contributed by atoms with van der Waals surface area (Å²) in [6.07, 6.45) is 0.0183. The molecule has 2 saturated heterocycles. The smallest absolute Gasteiger partial charge is 0.475 e. The van der Waals surface area contributed by atoms with E-state index in [0.717, 1.165) is 32.0 Å². The molecule has 4 rings (SSSR count). The third-order valence-electron chi connectivity index (χ3n) is 5.30. The Balaban J connectivity index is 0.000000339. The van der Waals surface area contributed by atoms with Crippen molar-refractivity contribution in [1.29, 1.82) is 0 Å². The highest BCUT2D eigenvalue weighted by Crippen LogP contribution is 2.35. The molecular weight excluding hydrogens is 421 g/mol. The number of likely N-dealkylation sites (tertiary alicyclic amines) is 1. The van der Waals surface area contributed by atoms with E-state index in [1.165, 1.54) is 5.56 Å². The van der Waals surface area contributed by atoms with Crippen molar-refractivity contribution in [2.75, 3.05) is 26.3 Å². The lowest BCUT2D eigenvalue weighted by molar-refractivity contribution is -0.192. The van der Waals surface area contributed by atoms with E-state index in [1.54, 1.807) is 18.8 Å². The Morgan fingerprint density at radius 1 is 1.19 bits per heavy atom. The predicted octanol–water partition coefficient (Wildman–Crippen LogP) is 2.52. The van der Waals surface area contributed by atoms with Gasteiger partial charge in [0.25, 0.3) is 0 Å². The normalized spacial score (nSPS) is 23.5. The Morgan fingerprint density at radius 3 is 2.58 bits per heavy atom. The van der Waals surface area contributed by atoms with E-state index in [2.05, 4.69) is 10.2 Å². The van der Waals surface area contributed by atoms with Gasteiger partial charge in [-0.15, -0.1) is 0 Å². The van der Waals surface area contributed by atoms with Crippen molar-refractivity contribution in [3.8, 4) is 0 Å². The highest BCUT2D eigenvalue weighted by atomic mass is 19.4. The number of fused-ring (bicyclic) bond motifs is 1. The quantitative estimate of drug-likeness (QED) is 0.730. The number of halogens is 3. The first-order valence-electron chi connectivity index (χ1n) is 9.65. The number of furan rings is 2. The molecule has 0 spiro atoms. The van der Waals surface area contributed by atoms with E-state index in [9.17, 15) is 18.0 Å². The molecule has 3 atom stereocenters. The number of nitrogens with one attached hydrogen (secondary N) is 1. The summed E-state index contributed by atoms with van der Waals surface area (Å²) in [5, 5.41) is 10.1. The second-order valence-corrected chi connectivity index (χ2v) is 7.49. The number of carbonyl (C=O) groups excluding carboxylic acids is 1. The van der Waals surface area contributed by atoms with Crippen molar-refractivity contribution in [1.82, 2.24) is 10.2 Å². The van der Waals surface area contributed by atoms with E-state index < -0.39 is 12.1 Å². The maximum Gasteiger partial charge on any atom is 0.490 e. The molecule has 2 aliphatic rings. The van der Waals surface area contributed by atoms with Crippen molar-refractivity contribution < 1.29 is 41.4 Å². The number of hydrogen-bond acceptors (Lipinski definition) is 6. The molecule has 0 aliphatic carbocycles. The molecule has 1 amide bonds. The van der Waals surface area contributed by atoms with Crippen LogP contribution in [0.2, 0.25) is 0 Å². The fourth-order valence-electron chi connectivity index (χ4n) is 3.85. The SMILES string of the molecule is O=C(NCc1ccco1)[C@H]1COC[C@H]2CN(Cc3ccoc3)C[C@H]21.O=C(O)C(F)(F)F. The topological polar surface area (TPSA) is 105 Å². The third kappa shape index (κ3) is 6.34. The molecule has 4 heterocycles. The minimum atomic E-state index is -5.08. The minimum Gasteiger partial charge on any atom is -0.475 e. The van der Waals surface area contributed by atoms with Crippen LogP contribution in [-0.4, -0.2) is 54.4 Å². The largest absolute Gasteiger partial charge is 0.490 e. The number of alkyl halides is 3. The van der Waals surface area contributed by atoms with E-state index in [4.69, 9.17) is 23.5 Å². The van der Waals surface area contributed by atoms with Gasteiger partial charge in [0.1, 0.15) is 5.76 Å².